The van der Waals surface area contributed by atoms with Crippen LogP contribution in [0.2, 0.25) is 0 Å². The zero-order valence-electron chi connectivity index (χ0n) is 49.1. The van der Waals surface area contributed by atoms with Crippen LogP contribution in [0.1, 0.15) is 354 Å². The largest absolute Gasteiger partial charge is 0.466 e. The van der Waals surface area contributed by atoms with Crippen molar-refractivity contribution in [3.63, 3.8) is 0 Å². The summed E-state index contributed by atoms with van der Waals surface area (Å²) >= 11 is 0. The van der Waals surface area contributed by atoms with Crippen LogP contribution >= 0.6 is 0 Å². The highest BCUT2D eigenvalue weighted by molar-refractivity contribution is 5.76. The number of unbranched alkanes of at least 4 members (excludes halogenated alkanes) is 46. The normalized spacial score (nSPS) is 12.8. The molecule has 0 rings (SSSR count). The molecule has 430 valence electrons. The lowest BCUT2D eigenvalue weighted by Gasteiger charge is -2.20. The molecule has 73 heavy (non-hydrogen) atoms. The van der Waals surface area contributed by atoms with E-state index in [9.17, 15) is 19.8 Å². The van der Waals surface area contributed by atoms with Gasteiger partial charge in [0.1, 0.15) is 0 Å². The molecule has 0 aliphatic heterocycles. The maximum Gasteiger partial charge on any atom is 0.305 e. The zero-order chi connectivity index (χ0) is 52.9. The Bertz CT molecular complexity index is 1180. The molecule has 0 spiro atoms. The third-order valence-electron chi connectivity index (χ3n) is 15.1. The topological polar surface area (TPSA) is 95.9 Å². The van der Waals surface area contributed by atoms with Gasteiger partial charge in [0.05, 0.1) is 25.4 Å². The number of nitrogens with one attached hydrogen (secondary N) is 1. The van der Waals surface area contributed by atoms with Crippen molar-refractivity contribution in [3.05, 3.63) is 36.5 Å². The number of hydrogen-bond acceptors (Lipinski definition) is 5. The van der Waals surface area contributed by atoms with Crippen molar-refractivity contribution >= 4 is 11.9 Å². The van der Waals surface area contributed by atoms with Crippen LogP contribution in [0, 0.1) is 0 Å². The summed E-state index contributed by atoms with van der Waals surface area (Å²) in [7, 11) is 0. The van der Waals surface area contributed by atoms with Crippen molar-refractivity contribution in [3.8, 4) is 0 Å². The minimum Gasteiger partial charge on any atom is -0.466 e. The van der Waals surface area contributed by atoms with Crippen LogP contribution in [-0.4, -0.2) is 47.4 Å². The molecule has 2 atom stereocenters. The number of amides is 1. The van der Waals surface area contributed by atoms with E-state index in [0.29, 0.717) is 19.4 Å². The molecule has 6 heteroatoms. The van der Waals surface area contributed by atoms with Crippen LogP contribution in [-0.2, 0) is 14.3 Å². The summed E-state index contributed by atoms with van der Waals surface area (Å²) in [4.78, 5) is 24.5. The number of esters is 1. The highest BCUT2D eigenvalue weighted by Gasteiger charge is 2.18. The summed E-state index contributed by atoms with van der Waals surface area (Å²) < 4.78 is 5.48. The summed E-state index contributed by atoms with van der Waals surface area (Å²) in [5.41, 5.74) is 0. The lowest BCUT2D eigenvalue weighted by molar-refractivity contribution is -0.143. The van der Waals surface area contributed by atoms with E-state index in [1.54, 1.807) is 6.08 Å². The molecule has 0 aromatic rings. The Morgan fingerprint density at radius 3 is 0.986 bits per heavy atom. The van der Waals surface area contributed by atoms with Crippen LogP contribution in [0.25, 0.3) is 0 Å². The molecule has 0 radical (unpaired) electrons. The Labute approximate surface area is 455 Å². The highest BCUT2D eigenvalue weighted by Crippen LogP contribution is 2.17. The fraction of sp³-hybridized carbons (Fsp3) is 0.881. The van der Waals surface area contributed by atoms with Gasteiger partial charge in [-0.25, -0.2) is 0 Å². The lowest BCUT2D eigenvalue weighted by Crippen LogP contribution is -2.45. The van der Waals surface area contributed by atoms with Crippen molar-refractivity contribution < 1.29 is 24.5 Å². The highest BCUT2D eigenvalue weighted by atomic mass is 16.5. The molecule has 0 fully saturated rings. The Morgan fingerprint density at radius 2 is 0.644 bits per heavy atom. The number of ether oxygens (including phenoxy) is 1. The second-order valence-electron chi connectivity index (χ2n) is 22.4. The predicted octanol–water partition coefficient (Wildman–Crippen LogP) is 20.8. The Morgan fingerprint density at radius 1 is 0.370 bits per heavy atom. The van der Waals surface area contributed by atoms with Crippen molar-refractivity contribution in [2.75, 3.05) is 13.2 Å². The van der Waals surface area contributed by atoms with Gasteiger partial charge in [0, 0.05) is 12.8 Å². The van der Waals surface area contributed by atoms with Crippen LogP contribution in [0.5, 0.6) is 0 Å². The maximum absolute atomic E-state index is 12.4. The standard InChI is InChI=1S/C67H127NO5/c1-3-5-7-9-11-13-15-36-41-45-49-53-57-61-67(72)73-62-58-54-50-46-42-38-35-33-31-29-27-25-23-21-19-17-16-18-20-22-24-26-28-30-32-34-37-40-44-48-52-56-60-66(71)68-64(63-69)65(70)59-55-51-47-43-39-14-12-10-8-6-4-2/h13,15,19,21,55,59,64-65,69-70H,3-12,14,16-18,20,22-54,56-58,60-63H2,1-2H3,(H,68,71)/b15-13-,21-19-,59-55+. The molecule has 0 aliphatic carbocycles. The van der Waals surface area contributed by atoms with Crippen molar-refractivity contribution in [2.45, 2.75) is 366 Å². The fourth-order valence-corrected chi connectivity index (χ4v) is 10.1. The molecule has 6 nitrogen and oxygen atoms in total. The summed E-state index contributed by atoms with van der Waals surface area (Å²) in [5.74, 6) is -0.0571. The molecule has 1 amide bonds. The van der Waals surface area contributed by atoms with Crippen molar-refractivity contribution in [1.82, 2.24) is 5.32 Å². The van der Waals surface area contributed by atoms with Gasteiger partial charge >= 0.3 is 5.97 Å². The number of carbonyl (C=O) groups excluding carboxylic acids is 2. The average molecular weight is 1030 g/mol. The molecule has 0 saturated carbocycles. The predicted molar refractivity (Wildman–Crippen MR) is 319 cm³/mol. The third kappa shape index (κ3) is 59.2. The summed E-state index contributed by atoms with van der Waals surface area (Å²) in [6, 6.07) is -0.624. The second-order valence-corrected chi connectivity index (χ2v) is 22.4. The molecular formula is C67H127NO5. The molecule has 2 unspecified atom stereocenters. The van der Waals surface area contributed by atoms with E-state index in [4.69, 9.17) is 4.74 Å². The number of rotatable bonds is 61. The average Bonchev–Trinajstić information content (AvgIpc) is 3.39. The SMILES string of the molecule is CCCCCC/C=C\CCCCCCCC(=O)OCCCCCCCCCCCCCC/C=C\CCCCCCCCCCCCCCCCCCC(=O)NC(CO)C(O)/C=C/CCCCCCCCCCC. The maximum atomic E-state index is 12.4. The number of hydrogen-bond donors (Lipinski definition) is 3. The smallest absolute Gasteiger partial charge is 0.305 e. The molecule has 3 N–H and O–H groups in total. The Balaban J connectivity index is 3.35. The van der Waals surface area contributed by atoms with Gasteiger partial charge in [-0.2, -0.15) is 0 Å². The molecule has 0 saturated heterocycles. The Kier molecular flexibility index (Phi) is 61.0. The van der Waals surface area contributed by atoms with Crippen LogP contribution in [0.3, 0.4) is 0 Å². The quantitative estimate of drug-likeness (QED) is 0.0320. The van der Waals surface area contributed by atoms with E-state index in [1.165, 1.54) is 283 Å². The minimum absolute atomic E-state index is 0.00859. The summed E-state index contributed by atoms with van der Waals surface area (Å²) in [5, 5.41) is 23.0. The van der Waals surface area contributed by atoms with Gasteiger partial charge in [-0.3, -0.25) is 9.59 Å². The van der Waals surface area contributed by atoms with Crippen LogP contribution < -0.4 is 5.32 Å². The number of aliphatic hydroxyl groups excluding tert-OH is 2. The van der Waals surface area contributed by atoms with E-state index < -0.39 is 12.1 Å². The molecule has 0 aromatic carbocycles. The van der Waals surface area contributed by atoms with Gasteiger partial charge in [0.15, 0.2) is 0 Å². The zero-order valence-corrected chi connectivity index (χ0v) is 49.1. The van der Waals surface area contributed by atoms with Gasteiger partial charge in [0.25, 0.3) is 0 Å². The van der Waals surface area contributed by atoms with E-state index in [2.05, 4.69) is 43.5 Å². The van der Waals surface area contributed by atoms with E-state index >= 15 is 0 Å². The van der Waals surface area contributed by atoms with Gasteiger partial charge in [-0.1, -0.05) is 294 Å². The number of aliphatic hydroxyl groups is 2. The van der Waals surface area contributed by atoms with E-state index in [1.807, 2.05) is 6.08 Å². The van der Waals surface area contributed by atoms with Crippen LogP contribution in [0.4, 0.5) is 0 Å². The molecule has 0 bridgehead atoms. The summed E-state index contributed by atoms with van der Waals surface area (Å²) in [6.45, 7) is 4.89. The molecule has 0 aromatic heterocycles. The van der Waals surface area contributed by atoms with Gasteiger partial charge in [-0.05, 0) is 83.5 Å². The molecule has 0 aliphatic rings. The number of carbonyl (C=O) groups is 2. The van der Waals surface area contributed by atoms with Gasteiger partial charge in [0.2, 0.25) is 5.91 Å². The first-order valence-electron chi connectivity index (χ1n) is 32.8. The third-order valence-corrected chi connectivity index (χ3v) is 15.1. The first-order chi connectivity index (χ1) is 36.0. The monoisotopic (exact) mass is 1030 g/mol. The lowest BCUT2D eigenvalue weighted by atomic mass is 10.0. The van der Waals surface area contributed by atoms with E-state index in [0.717, 1.165) is 44.9 Å². The first-order valence-corrected chi connectivity index (χ1v) is 32.8. The van der Waals surface area contributed by atoms with E-state index in [-0.39, 0.29) is 18.5 Å². The summed E-state index contributed by atoms with van der Waals surface area (Å²) in [6.07, 6.45) is 79.3. The van der Waals surface area contributed by atoms with Crippen molar-refractivity contribution in [2.24, 2.45) is 0 Å². The molecular weight excluding hydrogens is 899 g/mol. The van der Waals surface area contributed by atoms with Gasteiger partial charge in [-0.15, -0.1) is 0 Å². The number of allylic oxidation sites excluding steroid dienone is 5. The molecule has 0 heterocycles. The van der Waals surface area contributed by atoms with Crippen LogP contribution in [0.15, 0.2) is 36.5 Å². The minimum atomic E-state index is -0.841. The Hall–Kier alpha value is -1.92. The van der Waals surface area contributed by atoms with Gasteiger partial charge < -0.3 is 20.3 Å². The fourth-order valence-electron chi connectivity index (χ4n) is 10.1. The van der Waals surface area contributed by atoms with Crippen molar-refractivity contribution in [1.29, 1.82) is 0 Å². The first kappa shape index (κ1) is 71.1. The second kappa shape index (κ2) is 62.6.